The van der Waals surface area contributed by atoms with Crippen LogP contribution in [0.3, 0.4) is 0 Å². The molecule has 1 aliphatic carbocycles. The maximum Gasteiger partial charge on any atom is 0.263 e. The van der Waals surface area contributed by atoms with Gasteiger partial charge in [-0.25, -0.2) is 0 Å². The monoisotopic (exact) mass is 323 g/mol. The Morgan fingerprint density at radius 2 is 2.04 bits per heavy atom. The second-order valence-electron chi connectivity index (χ2n) is 6.24. The van der Waals surface area contributed by atoms with Crippen LogP contribution in [0.25, 0.3) is 5.65 Å². The summed E-state index contributed by atoms with van der Waals surface area (Å²) in [6, 6.07) is 5.68. The lowest BCUT2D eigenvalue weighted by molar-refractivity contribution is 0.102. The van der Waals surface area contributed by atoms with Crippen molar-refractivity contribution in [3.8, 4) is 0 Å². The second-order valence-corrected chi connectivity index (χ2v) is 6.24. The first kappa shape index (κ1) is 14.6. The Kier molecular flexibility index (Phi) is 3.23. The van der Waals surface area contributed by atoms with Crippen LogP contribution in [0, 0.1) is 13.8 Å². The Bertz CT molecular complexity index is 1010. The summed E-state index contributed by atoms with van der Waals surface area (Å²) in [5.74, 6) is -0.169. The van der Waals surface area contributed by atoms with E-state index in [0.29, 0.717) is 17.6 Å². The molecular formula is C17H17N5O2. The fourth-order valence-electron chi connectivity index (χ4n) is 2.81. The van der Waals surface area contributed by atoms with Crippen molar-refractivity contribution in [2.75, 3.05) is 5.32 Å². The predicted octanol–water partition coefficient (Wildman–Crippen LogP) is 2.10. The van der Waals surface area contributed by atoms with Crippen molar-refractivity contribution in [3.63, 3.8) is 0 Å². The van der Waals surface area contributed by atoms with E-state index < -0.39 is 5.91 Å². The average Bonchev–Trinajstić information content (AvgIpc) is 3.30. The standard InChI is InChI=1S/C17H17N5O2/c1-10-5-6-21-15(7-10)19-20-17(21)18-16(24)13-9-22(12-3-4-12)11(2)8-14(13)23/h5-9,12H,3-4H2,1-2H3,(H,18,20,24). The van der Waals surface area contributed by atoms with E-state index >= 15 is 0 Å². The highest BCUT2D eigenvalue weighted by atomic mass is 16.2. The number of aryl methyl sites for hydroxylation is 2. The van der Waals surface area contributed by atoms with Crippen LogP contribution in [-0.4, -0.2) is 25.1 Å². The normalized spacial score (nSPS) is 14.1. The Morgan fingerprint density at radius 1 is 1.25 bits per heavy atom. The first-order valence-electron chi connectivity index (χ1n) is 7.88. The molecule has 3 aromatic heterocycles. The van der Waals surface area contributed by atoms with Crippen LogP contribution in [0.4, 0.5) is 5.95 Å². The van der Waals surface area contributed by atoms with E-state index in [9.17, 15) is 9.59 Å². The van der Waals surface area contributed by atoms with E-state index in [1.165, 1.54) is 6.07 Å². The summed E-state index contributed by atoms with van der Waals surface area (Å²) < 4.78 is 3.68. The van der Waals surface area contributed by atoms with Gasteiger partial charge >= 0.3 is 0 Å². The van der Waals surface area contributed by atoms with Crippen LogP contribution < -0.4 is 10.7 Å². The lowest BCUT2D eigenvalue weighted by atomic mass is 10.2. The molecule has 0 aromatic carbocycles. The molecule has 1 saturated carbocycles. The number of aromatic nitrogens is 4. The van der Waals surface area contributed by atoms with Gasteiger partial charge in [-0.05, 0) is 44.4 Å². The number of nitrogens with zero attached hydrogens (tertiary/aromatic N) is 4. The predicted molar refractivity (Wildman–Crippen MR) is 89.4 cm³/mol. The quantitative estimate of drug-likeness (QED) is 0.800. The summed E-state index contributed by atoms with van der Waals surface area (Å²) in [7, 11) is 0. The van der Waals surface area contributed by atoms with E-state index in [1.807, 2.05) is 30.5 Å². The molecule has 7 heteroatoms. The van der Waals surface area contributed by atoms with Crippen molar-refractivity contribution in [2.45, 2.75) is 32.7 Å². The van der Waals surface area contributed by atoms with Crippen LogP contribution >= 0.6 is 0 Å². The van der Waals surface area contributed by atoms with Gasteiger partial charge in [0.25, 0.3) is 5.91 Å². The van der Waals surface area contributed by atoms with Crippen LogP contribution in [0.2, 0.25) is 0 Å². The third kappa shape index (κ3) is 2.47. The lowest BCUT2D eigenvalue weighted by Gasteiger charge is -2.11. The number of nitrogens with one attached hydrogen (secondary N) is 1. The number of hydrogen-bond acceptors (Lipinski definition) is 4. The number of pyridine rings is 2. The highest BCUT2D eigenvalue weighted by Gasteiger charge is 2.25. The number of carbonyl (C=O) groups excluding carboxylic acids is 1. The minimum Gasteiger partial charge on any atom is -0.348 e. The lowest BCUT2D eigenvalue weighted by Crippen LogP contribution is -2.24. The van der Waals surface area contributed by atoms with Gasteiger partial charge in [0, 0.05) is 30.2 Å². The van der Waals surface area contributed by atoms with Gasteiger partial charge in [0.05, 0.1) is 0 Å². The first-order valence-corrected chi connectivity index (χ1v) is 7.88. The van der Waals surface area contributed by atoms with Crippen LogP contribution in [0.1, 0.15) is 40.5 Å². The first-order chi connectivity index (χ1) is 11.5. The Morgan fingerprint density at radius 3 is 2.79 bits per heavy atom. The zero-order valence-electron chi connectivity index (χ0n) is 13.5. The molecule has 122 valence electrons. The van der Waals surface area contributed by atoms with Crippen molar-refractivity contribution >= 4 is 17.5 Å². The topological polar surface area (TPSA) is 81.3 Å². The van der Waals surface area contributed by atoms with Gasteiger partial charge in [0.2, 0.25) is 5.95 Å². The molecule has 7 nitrogen and oxygen atoms in total. The van der Waals surface area contributed by atoms with Crippen LogP contribution in [0.5, 0.6) is 0 Å². The minimum absolute atomic E-state index is 0.122. The molecule has 0 spiro atoms. The fraction of sp³-hybridized carbons (Fsp3) is 0.294. The third-order valence-electron chi connectivity index (χ3n) is 4.26. The largest absolute Gasteiger partial charge is 0.348 e. The van der Waals surface area contributed by atoms with Crippen LogP contribution in [0.15, 0.2) is 35.4 Å². The van der Waals surface area contributed by atoms with E-state index in [-0.39, 0.29) is 11.0 Å². The van der Waals surface area contributed by atoms with Gasteiger partial charge in [0.1, 0.15) is 5.56 Å². The van der Waals surface area contributed by atoms with Crippen molar-refractivity contribution in [1.82, 2.24) is 19.2 Å². The van der Waals surface area contributed by atoms with E-state index in [4.69, 9.17) is 0 Å². The number of anilines is 1. The van der Waals surface area contributed by atoms with Crippen LogP contribution in [-0.2, 0) is 0 Å². The molecule has 0 bridgehead atoms. The molecule has 1 fully saturated rings. The third-order valence-corrected chi connectivity index (χ3v) is 4.26. The molecule has 0 unspecified atom stereocenters. The summed E-state index contributed by atoms with van der Waals surface area (Å²) in [6.45, 7) is 3.84. The molecule has 0 saturated heterocycles. The minimum atomic E-state index is -0.468. The molecule has 24 heavy (non-hydrogen) atoms. The Hall–Kier alpha value is -2.96. The summed E-state index contributed by atoms with van der Waals surface area (Å²) in [4.78, 5) is 24.7. The molecule has 0 aliphatic heterocycles. The summed E-state index contributed by atoms with van der Waals surface area (Å²) >= 11 is 0. The molecule has 1 N–H and O–H groups in total. The average molecular weight is 323 g/mol. The second kappa shape index (κ2) is 5.30. The number of amides is 1. The van der Waals surface area contributed by atoms with Gasteiger partial charge in [-0.3, -0.25) is 19.3 Å². The Labute approximate surface area is 138 Å². The summed E-state index contributed by atoms with van der Waals surface area (Å²) in [6.07, 6.45) is 5.60. The molecule has 1 aliphatic rings. The highest BCUT2D eigenvalue weighted by molar-refractivity contribution is 6.03. The zero-order chi connectivity index (χ0) is 16.8. The van der Waals surface area contributed by atoms with Gasteiger partial charge in [-0.15, -0.1) is 10.2 Å². The van der Waals surface area contributed by atoms with Gasteiger partial charge in [-0.2, -0.15) is 0 Å². The molecular weight excluding hydrogens is 306 g/mol. The molecule has 3 heterocycles. The molecule has 4 rings (SSSR count). The highest BCUT2D eigenvalue weighted by Crippen LogP contribution is 2.35. The summed E-state index contributed by atoms with van der Waals surface area (Å²) in [5.41, 5.74) is 2.41. The number of hydrogen-bond donors (Lipinski definition) is 1. The van der Waals surface area contributed by atoms with E-state index in [1.54, 1.807) is 16.8 Å². The molecule has 0 atom stereocenters. The smallest absolute Gasteiger partial charge is 0.263 e. The molecule has 1 amide bonds. The van der Waals surface area contributed by atoms with Gasteiger partial charge in [0.15, 0.2) is 11.1 Å². The van der Waals surface area contributed by atoms with Gasteiger partial charge in [-0.1, -0.05) is 0 Å². The van der Waals surface area contributed by atoms with Crippen molar-refractivity contribution in [1.29, 1.82) is 0 Å². The van der Waals surface area contributed by atoms with Gasteiger partial charge < -0.3 is 4.57 Å². The molecule has 0 radical (unpaired) electrons. The van der Waals surface area contributed by atoms with Crippen molar-refractivity contribution in [2.24, 2.45) is 0 Å². The SMILES string of the molecule is Cc1ccn2c(NC(=O)c3cn(C4CC4)c(C)cc3=O)nnc2c1. The number of rotatable bonds is 3. The summed E-state index contributed by atoms with van der Waals surface area (Å²) in [5, 5.41) is 10.7. The maximum atomic E-state index is 12.5. The van der Waals surface area contributed by atoms with E-state index in [2.05, 4.69) is 15.5 Å². The number of fused-ring (bicyclic) bond motifs is 1. The van der Waals surface area contributed by atoms with Crippen molar-refractivity contribution in [3.05, 3.63) is 57.6 Å². The molecule has 3 aromatic rings. The zero-order valence-corrected chi connectivity index (χ0v) is 13.5. The Balaban J connectivity index is 1.68. The van der Waals surface area contributed by atoms with Crippen molar-refractivity contribution < 1.29 is 4.79 Å². The maximum absolute atomic E-state index is 12.5. The fourth-order valence-corrected chi connectivity index (χ4v) is 2.81. The number of carbonyl (C=O) groups is 1. The van der Waals surface area contributed by atoms with E-state index in [0.717, 1.165) is 24.1 Å².